The van der Waals surface area contributed by atoms with Crippen LogP contribution in [0.2, 0.25) is 0 Å². The van der Waals surface area contributed by atoms with E-state index in [1.165, 1.54) is 31.0 Å². The Morgan fingerprint density at radius 3 is 2.55 bits per heavy atom. The van der Waals surface area contributed by atoms with Crippen LogP contribution >= 0.6 is 0 Å². The zero-order valence-electron chi connectivity index (χ0n) is 20.4. The number of aromatic nitrogens is 6. The van der Waals surface area contributed by atoms with Crippen molar-refractivity contribution in [1.29, 1.82) is 0 Å². The summed E-state index contributed by atoms with van der Waals surface area (Å²) in [6.45, 7) is 2.97. The van der Waals surface area contributed by atoms with Crippen molar-refractivity contribution in [3.8, 4) is 33.9 Å². The Labute approximate surface area is 216 Å². The lowest BCUT2D eigenvalue weighted by atomic mass is 10.0. The van der Waals surface area contributed by atoms with E-state index in [-0.39, 0.29) is 11.6 Å². The van der Waals surface area contributed by atoms with E-state index in [1.807, 2.05) is 18.3 Å². The van der Waals surface area contributed by atoms with Gasteiger partial charge in [-0.1, -0.05) is 0 Å². The number of likely N-dealkylation sites (tertiary alicyclic amines) is 1. The molecule has 7 nitrogen and oxygen atoms in total. The number of fused-ring (bicyclic) bond motifs is 2. The van der Waals surface area contributed by atoms with Gasteiger partial charge < -0.3 is 4.98 Å². The maximum Gasteiger partial charge on any atom is 0.159 e. The van der Waals surface area contributed by atoms with Gasteiger partial charge in [0.15, 0.2) is 5.82 Å². The summed E-state index contributed by atoms with van der Waals surface area (Å²) in [6, 6.07) is 13.3. The molecule has 2 N–H and O–H groups in total. The van der Waals surface area contributed by atoms with Crippen molar-refractivity contribution in [1.82, 2.24) is 35.0 Å². The standard InChI is InChI=1S/C29H23F2N7/c30-20-5-3-18(4-6-20)26-28-24(7-8-33-26)34-29(35-28)27-22-12-21(23(31)13-25(22)36-37-27)19-11-17(14-32-15-19)16-38-9-1-2-10-38/h3-8,11-15H,1-2,9-10,16H2,(H,34,35)(H,36,37). The molecule has 0 radical (unpaired) electrons. The molecule has 1 aliphatic rings. The Morgan fingerprint density at radius 1 is 0.868 bits per heavy atom. The highest BCUT2D eigenvalue weighted by Crippen LogP contribution is 2.34. The highest BCUT2D eigenvalue weighted by Gasteiger charge is 2.19. The normalized spacial score (nSPS) is 14.2. The summed E-state index contributed by atoms with van der Waals surface area (Å²) in [5.41, 5.74) is 6.20. The summed E-state index contributed by atoms with van der Waals surface area (Å²) in [5.74, 6) is -0.132. The average Bonchev–Trinajstić information content (AvgIpc) is 3.68. The summed E-state index contributed by atoms with van der Waals surface area (Å²) >= 11 is 0. The second-order valence-electron chi connectivity index (χ2n) is 9.66. The van der Waals surface area contributed by atoms with E-state index in [4.69, 9.17) is 4.98 Å². The monoisotopic (exact) mass is 507 g/mol. The van der Waals surface area contributed by atoms with Crippen LogP contribution in [0.15, 0.2) is 67.1 Å². The summed E-state index contributed by atoms with van der Waals surface area (Å²) < 4.78 is 28.7. The summed E-state index contributed by atoms with van der Waals surface area (Å²) in [7, 11) is 0. The molecule has 0 aliphatic carbocycles. The quantitative estimate of drug-likeness (QED) is 0.294. The Kier molecular flexibility index (Phi) is 5.44. The fourth-order valence-electron chi connectivity index (χ4n) is 5.23. The zero-order valence-corrected chi connectivity index (χ0v) is 20.4. The SMILES string of the molecule is Fc1ccc(-c2nccc3[nH]c(-c4n[nH]c5cc(F)c(-c6cncc(CN7CCCC7)c6)cc45)nc23)cc1. The van der Waals surface area contributed by atoms with Gasteiger partial charge in [0.25, 0.3) is 0 Å². The summed E-state index contributed by atoms with van der Waals surface area (Å²) in [4.78, 5) is 19.4. The molecule has 38 heavy (non-hydrogen) atoms. The topological polar surface area (TPSA) is 86.4 Å². The molecule has 0 amide bonds. The lowest BCUT2D eigenvalue weighted by Gasteiger charge is -2.15. The molecule has 1 saturated heterocycles. The number of imidazole rings is 1. The average molecular weight is 508 g/mol. The van der Waals surface area contributed by atoms with Gasteiger partial charge in [0.1, 0.15) is 22.8 Å². The number of hydrogen-bond acceptors (Lipinski definition) is 5. The van der Waals surface area contributed by atoms with Crippen LogP contribution in [0.3, 0.4) is 0 Å². The Hall–Kier alpha value is -4.50. The molecule has 1 aliphatic heterocycles. The van der Waals surface area contributed by atoms with Crippen LogP contribution in [-0.2, 0) is 6.54 Å². The molecule has 0 unspecified atom stereocenters. The van der Waals surface area contributed by atoms with Gasteiger partial charge in [-0.2, -0.15) is 5.10 Å². The van der Waals surface area contributed by atoms with Gasteiger partial charge in [-0.15, -0.1) is 0 Å². The third-order valence-electron chi connectivity index (χ3n) is 7.10. The molecule has 188 valence electrons. The van der Waals surface area contributed by atoms with E-state index in [0.717, 1.165) is 47.2 Å². The van der Waals surface area contributed by atoms with E-state index in [1.54, 1.807) is 30.6 Å². The Balaban J connectivity index is 1.30. The molecule has 5 heterocycles. The van der Waals surface area contributed by atoms with Gasteiger partial charge in [0, 0.05) is 53.3 Å². The molecule has 6 aromatic rings. The number of nitrogens with one attached hydrogen (secondary N) is 2. The second-order valence-corrected chi connectivity index (χ2v) is 9.66. The highest BCUT2D eigenvalue weighted by molar-refractivity contribution is 5.97. The first kappa shape index (κ1) is 22.7. The molecule has 0 bridgehead atoms. The highest BCUT2D eigenvalue weighted by atomic mass is 19.1. The maximum atomic E-state index is 15.2. The lowest BCUT2D eigenvalue weighted by molar-refractivity contribution is 0.331. The van der Waals surface area contributed by atoms with Crippen molar-refractivity contribution in [3.63, 3.8) is 0 Å². The lowest BCUT2D eigenvalue weighted by Crippen LogP contribution is -2.18. The molecule has 0 saturated carbocycles. The first-order valence-corrected chi connectivity index (χ1v) is 12.6. The van der Waals surface area contributed by atoms with Gasteiger partial charge in [-0.05, 0) is 74.0 Å². The van der Waals surface area contributed by atoms with Crippen molar-refractivity contribution in [2.75, 3.05) is 13.1 Å². The first-order chi connectivity index (χ1) is 18.6. The molecule has 1 fully saturated rings. The third kappa shape index (κ3) is 4.01. The summed E-state index contributed by atoms with van der Waals surface area (Å²) in [5, 5.41) is 8.13. The predicted octanol–water partition coefficient (Wildman–Crippen LogP) is 6.10. The van der Waals surface area contributed by atoms with Crippen LogP contribution in [0.25, 0.3) is 55.8 Å². The van der Waals surface area contributed by atoms with Gasteiger partial charge in [-0.25, -0.2) is 13.8 Å². The van der Waals surface area contributed by atoms with Gasteiger partial charge in [-0.3, -0.25) is 20.0 Å². The third-order valence-corrected chi connectivity index (χ3v) is 7.10. The van der Waals surface area contributed by atoms with Crippen LogP contribution in [0.4, 0.5) is 8.78 Å². The fraction of sp³-hybridized carbons (Fsp3) is 0.172. The van der Waals surface area contributed by atoms with E-state index in [9.17, 15) is 4.39 Å². The van der Waals surface area contributed by atoms with Gasteiger partial charge >= 0.3 is 0 Å². The van der Waals surface area contributed by atoms with Crippen LogP contribution in [0, 0.1) is 11.6 Å². The Bertz CT molecular complexity index is 1780. The molecule has 0 atom stereocenters. The smallest absolute Gasteiger partial charge is 0.159 e. The van der Waals surface area contributed by atoms with Crippen molar-refractivity contribution < 1.29 is 8.78 Å². The number of halogens is 2. The van der Waals surface area contributed by atoms with Crippen molar-refractivity contribution in [3.05, 3.63) is 84.3 Å². The zero-order chi connectivity index (χ0) is 25.6. The number of pyridine rings is 2. The number of hydrogen-bond donors (Lipinski definition) is 2. The van der Waals surface area contributed by atoms with Crippen molar-refractivity contribution in [2.24, 2.45) is 0 Å². The van der Waals surface area contributed by atoms with Crippen LogP contribution in [-0.4, -0.2) is 48.1 Å². The molecule has 7 rings (SSSR count). The second kappa shape index (κ2) is 9.11. The number of rotatable bonds is 5. The first-order valence-electron chi connectivity index (χ1n) is 12.6. The Morgan fingerprint density at radius 2 is 1.71 bits per heavy atom. The fourth-order valence-corrected chi connectivity index (χ4v) is 5.23. The number of benzene rings is 2. The predicted molar refractivity (Wildman–Crippen MR) is 142 cm³/mol. The molecular weight excluding hydrogens is 484 g/mol. The van der Waals surface area contributed by atoms with Crippen LogP contribution < -0.4 is 0 Å². The van der Waals surface area contributed by atoms with E-state index in [0.29, 0.717) is 33.8 Å². The van der Waals surface area contributed by atoms with Crippen LogP contribution in [0.5, 0.6) is 0 Å². The maximum absolute atomic E-state index is 15.2. The minimum Gasteiger partial charge on any atom is -0.336 e. The largest absolute Gasteiger partial charge is 0.336 e. The van der Waals surface area contributed by atoms with Crippen molar-refractivity contribution >= 4 is 21.9 Å². The minimum absolute atomic E-state index is 0.313. The summed E-state index contributed by atoms with van der Waals surface area (Å²) in [6.07, 6.45) is 7.65. The van der Waals surface area contributed by atoms with Gasteiger partial charge in [0.05, 0.1) is 16.7 Å². The van der Waals surface area contributed by atoms with E-state index in [2.05, 4.69) is 30.0 Å². The molecule has 4 aromatic heterocycles. The minimum atomic E-state index is -0.347. The molecular formula is C29H23F2N7. The molecule has 9 heteroatoms. The van der Waals surface area contributed by atoms with Crippen LogP contribution in [0.1, 0.15) is 18.4 Å². The molecule has 0 spiro atoms. The van der Waals surface area contributed by atoms with Gasteiger partial charge in [0.2, 0.25) is 0 Å². The number of nitrogens with zero attached hydrogens (tertiary/aromatic N) is 5. The molecule has 2 aromatic carbocycles. The van der Waals surface area contributed by atoms with Crippen molar-refractivity contribution in [2.45, 2.75) is 19.4 Å². The van der Waals surface area contributed by atoms with E-state index < -0.39 is 0 Å². The number of H-pyrrole nitrogens is 2. The van der Waals surface area contributed by atoms with E-state index >= 15 is 4.39 Å². The number of aromatic amines is 2.